The second-order valence-electron chi connectivity index (χ2n) is 7.70. The Morgan fingerprint density at radius 2 is 1.94 bits per heavy atom. The van der Waals surface area contributed by atoms with Crippen molar-refractivity contribution in [2.75, 3.05) is 25.6 Å². The molecular weight excluding hydrogens is 416 g/mol. The van der Waals surface area contributed by atoms with Gasteiger partial charge in [-0.3, -0.25) is 4.98 Å². The molecule has 3 aromatic rings. The van der Waals surface area contributed by atoms with Crippen LogP contribution < -0.4 is 9.47 Å². The summed E-state index contributed by atoms with van der Waals surface area (Å²) in [7, 11) is -3.15. The Bertz CT molecular complexity index is 1190. The zero-order valence-electron chi connectivity index (χ0n) is 17.2. The van der Waals surface area contributed by atoms with Crippen LogP contribution in [0.2, 0.25) is 0 Å². The molecule has 1 aromatic carbocycles. The van der Waals surface area contributed by atoms with Gasteiger partial charge in [0, 0.05) is 30.8 Å². The van der Waals surface area contributed by atoms with Crippen LogP contribution in [0.15, 0.2) is 42.6 Å². The highest BCUT2D eigenvalue weighted by Gasteiger charge is 2.30. The van der Waals surface area contributed by atoms with Crippen molar-refractivity contribution in [2.45, 2.75) is 25.7 Å². The van der Waals surface area contributed by atoms with Crippen molar-refractivity contribution in [3.05, 3.63) is 48.4 Å². The van der Waals surface area contributed by atoms with E-state index in [0.29, 0.717) is 18.8 Å². The number of pyridine rings is 1. The Morgan fingerprint density at radius 3 is 2.68 bits per heavy atom. The summed E-state index contributed by atoms with van der Waals surface area (Å²) in [5.74, 6) is 2.59. The Labute approximate surface area is 181 Å². The molecule has 31 heavy (non-hydrogen) atoms. The van der Waals surface area contributed by atoms with Gasteiger partial charge in [0.15, 0.2) is 11.5 Å². The summed E-state index contributed by atoms with van der Waals surface area (Å²) in [4.78, 5) is 12.9. The van der Waals surface area contributed by atoms with Gasteiger partial charge in [0.25, 0.3) is 0 Å². The lowest BCUT2D eigenvalue weighted by Gasteiger charge is -2.29. The summed E-state index contributed by atoms with van der Waals surface area (Å²) < 4.78 is 37.0. The minimum absolute atomic E-state index is 0.135. The number of nitrogens with zero attached hydrogens (tertiary/aromatic N) is 3. The average Bonchev–Trinajstić information content (AvgIpc) is 3.46. The number of fused-ring (bicyclic) bond motifs is 1. The van der Waals surface area contributed by atoms with Crippen molar-refractivity contribution >= 4 is 10.0 Å². The molecule has 162 valence electrons. The second kappa shape index (κ2) is 7.97. The van der Waals surface area contributed by atoms with Crippen LogP contribution in [0.1, 0.15) is 31.5 Å². The molecule has 2 aliphatic heterocycles. The Hall–Kier alpha value is -2.91. The topological polar surface area (TPSA) is 97.4 Å². The van der Waals surface area contributed by atoms with Crippen LogP contribution in [-0.2, 0) is 10.0 Å². The number of imidazole rings is 1. The molecule has 0 saturated carbocycles. The van der Waals surface area contributed by atoms with Gasteiger partial charge >= 0.3 is 0 Å². The van der Waals surface area contributed by atoms with Gasteiger partial charge in [-0.25, -0.2) is 17.7 Å². The molecule has 0 atom stereocenters. The molecule has 0 spiro atoms. The number of aromatic amines is 1. The Balaban J connectivity index is 1.49. The molecule has 0 radical (unpaired) electrons. The first-order valence-electron chi connectivity index (χ1n) is 10.4. The minimum Gasteiger partial charge on any atom is -0.454 e. The lowest BCUT2D eigenvalue weighted by molar-refractivity contribution is 0.174. The summed E-state index contributed by atoms with van der Waals surface area (Å²) in [5, 5.41) is 0. The highest BCUT2D eigenvalue weighted by molar-refractivity contribution is 7.89. The molecule has 2 aliphatic rings. The number of hydrogen-bond acceptors (Lipinski definition) is 6. The van der Waals surface area contributed by atoms with Gasteiger partial charge in [0.1, 0.15) is 5.82 Å². The van der Waals surface area contributed by atoms with Crippen LogP contribution in [0, 0.1) is 0 Å². The highest BCUT2D eigenvalue weighted by Crippen LogP contribution is 2.39. The van der Waals surface area contributed by atoms with Gasteiger partial charge in [-0.15, -0.1) is 0 Å². The van der Waals surface area contributed by atoms with E-state index in [1.807, 2.05) is 36.4 Å². The molecule has 0 aliphatic carbocycles. The first-order chi connectivity index (χ1) is 15.0. The van der Waals surface area contributed by atoms with Crippen molar-refractivity contribution in [1.29, 1.82) is 0 Å². The van der Waals surface area contributed by atoms with Crippen molar-refractivity contribution in [1.82, 2.24) is 19.3 Å². The molecule has 1 fully saturated rings. The fourth-order valence-corrected chi connectivity index (χ4v) is 5.26. The molecule has 0 amide bonds. The van der Waals surface area contributed by atoms with Crippen molar-refractivity contribution < 1.29 is 17.9 Å². The monoisotopic (exact) mass is 440 g/mol. The maximum Gasteiger partial charge on any atom is 0.231 e. The average molecular weight is 441 g/mol. The van der Waals surface area contributed by atoms with E-state index < -0.39 is 10.0 Å². The number of rotatable bonds is 5. The number of hydrogen-bond donors (Lipinski definition) is 1. The zero-order chi connectivity index (χ0) is 21.4. The summed E-state index contributed by atoms with van der Waals surface area (Å²) >= 11 is 0. The number of sulfonamides is 1. The van der Waals surface area contributed by atoms with Gasteiger partial charge in [-0.1, -0.05) is 6.07 Å². The molecule has 9 heteroatoms. The van der Waals surface area contributed by atoms with Crippen LogP contribution in [0.5, 0.6) is 11.5 Å². The Kier molecular flexibility index (Phi) is 5.15. The van der Waals surface area contributed by atoms with E-state index in [1.165, 1.54) is 0 Å². The molecule has 2 aromatic heterocycles. The minimum atomic E-state index is -3.15. The van der Waals surface area contributed by atoms with Crippen LogP contribution in [0.3, 0.4) is 0 Å². The van der Waals surface area contributed by atoms with Crippen molar-refractivity contribution in [3.8, 4) is 34.1 Å². The number of aromatic nitrogens is 3. The SMILES string of the molecule is CCS(=O)(=O)N1CCC(c2nc(-c3ccc4c(c3)OCO4)c(-c3ccccn3)[nH]2)CC1. The number of benzene rings is 1. The lowest BCUT2D eigenvalue weighted by Crippen LogP contribution is -2.38. The fourth-order valence-electron chi connectivity index (χ4n) is 4.12. The summed E-state index contributed by atoms with van der Waals surface area (Å²) in [6, 6.07) is 11.6. The standard InChI is InChI=1S/C22H24N4O4S/c1-2-31(27,28)26-11-8-15(9-12-26)22-24-20(21(25-22)17-5-3-4-10-23-17)16-6-7-18-19(13-16)30-14-29-18/h3-7,10,13,15H,2,8-9,11-12,14H2,1H3,(H,24,25). The quantitative estimate of drug-likeness (QED) is 0.653. The van der Waals surface area contributed by atoms with Crippen LogP contribution >= 0.6 is 0 Å². The van der Waals surface area contributed by atoms with E-state index in [9.17, 15) is 8.42 Å². The first kappa shape index (κ1) is 20.0. The van der Waals surface area contributed by atoms with Gasteiger partial charge in [-0.2, -0.15) is 0 Å². The maximum absolute atomic E-state index is 12.2. The molecule has 5 rings (SSSR count). The molecule has 0 bridgehead atoms. The lowest BCUT2D eigenvalue weighted by atomic mass is 9.97. The van der Waals surface area contributed by atoms with Crippen molar-refractivity contribution in [2.24, 2.45) is 0 Å². The maximum atomic E-state index is 12.2. The zero-order valence-corrected chi connectivity index (χ0v) is 18.1. The third kappa shape index (κ3) is 3.79. The van der Waals surface area contributed by atoms with E-state index >= 15 is 0 Å². The summed E-state index contributed by atoms with van der Waals surface area (Å²) in [5.41, 5.74) is 3.37. The molecule has 1 saturated heterocycles. The molecular formula is C22H24N4O4S. The molecule has 1 N–H and O–H groups in total. The third-order valence-corrected chi connectivity index (χ3v) is 7.77. The van der Waals surface area contributed by atoms with Gasteiger partial charge < -0.3 is 14.5 Å². The number of nitrogens with one attached hydrogen (secondary N) is 1. The smallest absolute Gasteiger partial charge is 0.231 e. The fraction of sp³-hybridized carbons (Fsp3) is 0.364. The largest absolute Gasteiger partial charge is 0.454 e. The summed E-state index contributed by atoms with van der Waals surface area (Å²) in [6.45, 7) is 2.93. The molecule has 4 heterocycles. The van der Waals surface area contributed by atoms with E-state index in [0.717, 1.165) is 47.1 Å². The predicted molar refractivity (Wildman–Crippen MR) is 116 cm³/mol. The number of H-pyrrole nitrogens is 1. The number of piperidine rings is 1. The van der Waals surface area contributed by atoms with E-state index in [-0.39, 0.29) is 18.5 Å². The number of ether oxygens (including phenoxy) is 2. The van der Waals surface area contributed by atoms with Crippen LogP contribution in [-0.4, -0.2) is 53.3 Å². The van der Waals surface area contributed by atoms with Crippen LogP contribution in [0.25, 0.3) is 22.6 Å². The van der Waals surface area contributed by atoms with Gasteiger partial charge in [0.05, 0.1) is 22.8 Å². The first-order valence-corrected chi connectivity index (χ1v) is 12.0. The normalized spacial score (nSPS) is 17.2. The molecule has 8 nitrogen and oxygen atoms in total. The highest BCUT2D eigenvalue weighted by atomic mass is 32.2. The third-order valence-electron chi connectivity index (χ3n) is 5.89. The summed E-state index contributed by atoms with van der Waals surface area (Å²) in [6.07, 6.45) is 3.22. The van der Waals surface area contributed by atoms with E-state index in [1.54, 1.807) is 17.4 Å². The second-order valence-corrected chi connectivity index (χ2v) is 9.96. The molecule has 0 unspecified atom stereocenters. The van der Waals surface area contributed by atoms with Crippen LogP contribution in [0.4, 0.5) is 0 Å². The predicted octanol–water partition coefficient (Wildman–Crippen LogP) is 3.40. The Morgan fingerprint density at radius 1 is 1.13 bits per heavy atom. The van der Waals surface area contributed by atoms with Gasteiger partial charge in [-0.05, 0) is 50.1 Å². The van der Waals surface area contributed by atoms with E-state index in [2.05, 4.69) is 9.97 Å². The van der Waals surface area contributed by atoms with Crippen molar-refractivity contribution in [3.63, 3.8) is 0 Å². The van der Waals surface area contributed by atoms with E-state index in [4.69, 9.17) is 14.5 Å². The van der Waals surface area contributed by atoms with Gasteiger partial charge in [0.2, 0.25) is 16.8 Å².